The fourth-order valence-corrected chi connectivity index (χ4v) is 7.92. The summed E-state index contributed by atoms with van der Waals surface area (Å²) >= 11 is 1.79. The predicted molar refractivity (Wildman–Crippen MR) is 205 cm³/mol. The van der Waals surface area contributed by atoms with E-state index in [4.69, 9.17) is 15.0 Å². The number of hydrogen-bond donors (Lipinski definition) is 0. The Balaban J connectivity index is 1.26. The summed E-state index contributed by atoms with van der Waals surface area (Å²) in [6, 6.07) is 61.5. The summed E-state index contributed by atoms with van der Waals surface area (Å²) in [6.07, 6.45) is 0. The maximum Gasteiger partial charge on any atom is 0.165 e. The maximum atomic E-state index is 5.26. The topological polar surface area (TPSA) is 38.7 Å². The molecule has 0 aliphatic heterocycles. The SMILES string of the molecule is c1ccc(-c2nc(-c3ccccc3-c3ccccc3-c3ccccc3-c3ccccc3)nc(-c3cccc4c3sc3ccccc34)n2)cc1. The van der Waals surface area contributed by atoms with Crippen LogP contribution in [0.2, 0.25) is 0 Å². The van der Waals surface area contributed by atoms with Crippen molar-refractivity contribution in [2.45, 2.75) is 0 Å². The van der Waals surface area contributed by atoms with Gasteiger partial charge in [0.2, 0.25) is 0 Å². The van der Waals surface area contributed by atoms with E-state index < -0.39 is 0 Å². The van der Waals surface area contributed by atoms with E-state index in [1.54, 1.807) is 11.3 Å². The van der Waals surface area contributed by atoms with Crippen LogP contribution in [0, 0.1) is 0 Å². The molecule has 2 heterocycles. The Morgan fingerprint density at radius 1 is 0.286 bits per heavy atom. The monoisotopic (exact) mass is 643 g/mol. The van der Waals surface area contributed by atoms with E-state index in [0.29, 0.717) is 17.5 Å². The van der Waals surface area contributed by atoms with Gasteiger partial charge in [0.25, 0.3) is 0 Å². The van der Waals surface area contributed by atoms with Gasteiger partial charge < -0.3 is 0 Å². The highest BCUT2D eigenvalue weighted by Crippen LogP contribution is 2.42. The molecule has 230 valence electrons. The second-order valence-electron chi connectivity index (χ2n) is 12.0. The van der Waals surface area contributed by atoms with Crippen LogP contribution >= 0.6 is 11.3 Å². The fourth-order valence-electron chi connectivity index (χ4n) is 6.71. The normalized spacial score (nSPS) is 11.3. The van der Waals surface area contributed by atoms with Crippen molar-refractivity contribution >= 4 is 31.5 Å². The van der Waals surface area contributed by atoms with Crippen molar-refractivity contribution in [1.82, 2.24) is 15.0 Å². The molecule has 3 nitrogen and oxygen atoms in total. The first kappa shape index (κ1) is 29.0. The molecule has 0 fully saturated rings. The smallest absolute Gasteiger partial charge is 0.165 e. The van der Waals surface area contributed by atoms with Crippen LogP contribution in [0.5, 0.6) is 0 Å². The van der Waals surface area contributed by atoms with Crippen molar-refractivity contribution in [3.8, 4) is 67.5 Å². The molecule has 0 N–H and O–H groups in total. The number of benzene rings is 7. The molecule has 7 aromatic carbocycles. The Labute approximate surface area is 288 Å². The van der Waals surface area contributed by atoms with Crippen molar-refractivity contribution in [1.29, 1.82) is 0 Å². The minimum absolute atomic E-state index is 0.642. The highest BCUT2D eigenvalue weighted by atomic mass is 32.1. The van der Waals surface area contributed by atoms with Crippen LogP contribution < -0.4 is 0 Å². The van der Waals surface area contributed by atoms with Gasteiger partial charge in [-0.2, -0.15) is 0 Å². The van der Waals surface area contributed by atoms with Gasteiger partial charge >= 0.3 is 0 Å². The molecule has 0 aliphatic carbocycles. The first-order chi connectivity index (χ1) is 24.3. The Hall–Kier alpha value is -6.23. The third-order valence-corrected chi connectivity index (χ3v) is 10.2. The van der Waals surface area contributed by atoms with Crippen molar-refractivity contribution in [2.75, 3.05) is 0 Å². The van der Waals surface area contributed by atoms with Crippen LogP contribution in [-0.2, 0) is 0 Å². The summed E-state index contributed by atoms with van der Waals surface area (Å²) in [7, 11) is 0. The molecule has 9 aromatic rings. The molecule has 0 saturated heterocycles. The van der Waals surface area contributed by atoms with Crippen LogP contribution in [0.4, 0.5) is 0 Å². The van der Waals surface area contributed by atoms with E-state index >= 15 is 0 Å². The zero-order valence-corrected chi connectivity index (χ0v) is 27.3. The second-order valence-corrected chi connectivity index (χ2v) is 13.0. The first-order valence-corrected chi connectivity index (χ1v) is 17.2. The van der Waals surface area contributed by atoms with Crippen molar-refractivity contribution in [3.63, 3.8) is 0 Å². The van der Waals surface area contributed by atoms with Gasteiger partial charge in [0.1, 0.15) is 0 Å². The average Bonchev–Trinajstić information content (AvgIpc) is 3.57. The lowest BCUT2D eigenvalue weighted by Crippen LogP contribution is -2.01. The zero-order chi connectivity index (χ0) is 32.6. The molecule has 0 aliphatic rings. The Morgan fingerprint density at radius 3 is 1.39 bits per heavy atom. The van der Waals surface area contributed by atoms with Crippen molar-refractivity contribution in [3.05, 3.63) is 176 Å². The average molecular weight is 644 g/mol. The van der Waals surface area contributed by atoms with Crippen LogP contribution in [0.1, 0.15) is 0 Å². The number of thiophene rings is 1. The third kappa shape index (κ3) is 5.29. The predicted octanol–water partition coefficient (Wildman–Crippen LogP) is 12.2. The molecule has 9 rings (SSSR count). The molecule has 0 spiro atoms. The summed E-state index contributed by atoms with van der Waals surface area (Å²) in [4.78, 5) is 15.5. The third-order valence-electron chi connectivity index (χ3n) is 9.00. The second kappa shape index (κ2) is 12.4. The van der Waals surface area contributed by atoms with Crippen molar-refractivity contribution < 1.29 is 0 Å². The summed E-state index contributed by atoms with van der Waals surface area (Å²) in [5.41, 5.74) is 9.81. The Bertz CT molecular complexity index is 2610. The lowest BCUT2D eigenvalue weighted by molar-refractivity contribution is 1.08. The molecule has 2 aromatic heterocycles. The maximum absolute atomic E-state index is 5.26. The molecule has 0 radical (unpaired) electrons. The van der Waals surface area contributed by atoms with Gasteiger partial charge in [-0.1, -0.05) is 164 Å². The minimum atomic E-state index is 0.642. The van der Waals surface area contributed by atoms with Crippen LogP contribution in [0.3, 0.4) is 0 Å². The summed E-state index contributed by atoms with van der Waals surface area (Å²) in [5, 5.41) is 2.47. The number of hydrogen-bond acceptors (Lipinski definition) is 4. The minimum Gasteiger partial charge on any atom is -0.208 e. The zero-order valence-electron chi connectivity index (χ0n) is 26.5. The molecule has 0 unspecified atom stereocenters. The molecule has 0 saturated carbocycles. The largest absolute Gasteiger partial charge is 0.208 e. The van der Waals surface area contributed by atoms with Gasteiger partial charge in [-0.05, 0) is 45.5 Å². The molecule has 49 heavy (non-hydrogen) atoms. The van der Waals surface area contributed by atoms with Gasteiger partial charge in [-0.25, -0.2) is 15.0 Å². The van der Waals surface area contributed by atoms with Crippen LogP contribution in [-0.4, -0.2) is 15.0 Å². The molecule has 0 amide bonds. The molecule has 4 heteroatoms. The molecular formula is C45H29N3S. The molecule has 0 bridgehead atoms. The van der Waals surface area contributed by atoms with Gasteiger partial charge in [0.05, 0.1) is 0 Å². The molecular weight excluding hydrogens is 615 g/mol. The number of rotatable bonds is 6. The lowest BCUT2D eigenvalue weighted by Gasteiger charge is -2.17. The van der Waals surface area contributed by atoms with E-state index in [9.17, 15) is 0 Å². The summed E-state index contributed by atoms with van der Waals surface area (Å²) < 4.78 is 2.43. The highest BCUT2D eigenvalue weighted by Gasteiger charge is 2.20. The fraction of sp³-hybridized carbons (Fsp3) is 0. The van der Waals surface area contributed by atoms with Gasteiger partial charge in [0, 0.05) is 36.9 Å². The van der Waals surface area contributed by atoms with E-state index in [0.717, 1.165) is 33.4 Å². The van der Waals surface area contributed by atoms with Gasteiger partial charge in [-0.15, -0.1) is 11.3 Å². The van der Waals surface area contributed by atoms with E-state index in [2.05, 4.69) is 158 Å². The van der Waals surface area contributed by atoms with Crippen LogP contribution in [0.25, 0.3) is 87.7 Å². The van der Waals surface area contributed by atoms with E-state index in [1.807, 2.05) is 18.2 Å². The van der Waals surface area contributed by atoms with Gasteiger partial charge in [-0.3, -0.25) is 0 Å². The molecule has 0 atom stereocenters. The number of nitrogens with zero attached hydrogens (tertiary/aromatic N) is 3. The number of aromatic nitrogens is 3. The first-order valence-electron chi connectivity index (χ1n) is 16.4. The quantitative estimate of drug-likeness (QED) is 0.181. The van der Waals surface area contributed by atoms with Crippen LogP contribution in [0.15, 0.2) is 176 Å². The summed E-state index contributed by atoms with van der Waals surface area (Å²) in [6.45, 7) is 0. The highest BCUT2D eigenvalue weighted by molar-refractivity contribution is 7.26. The van der Waals surface area contributed by atoms with E-state index in [-0.39, 0.29) is 0 Å². The van der Waals surface area contributed by atoms with Gasteiger partial charge in [0.15, 0.2) is 17.5 Å². The Kier molecular flexibility index (Phi) is 7.34. The number of fused-ring (bicyclic) bond motifs is 3. The van der Waals surface area contributed by atoms with E-state index in [1.165, 1.54) is 36.9 Å². The lowest BCUT2D eigenvalue weighted by atomic mass is 9.88. The standard InChI is InChI=1S/C45H29N3S/c1-3-16-30(17-4-1)32-20-7-8-21-33(32)34-22-9-10-23-35(34)36-24-11-12-26-39(36)44-46-43(31-18-5-2-6-19-31)47-45(48-44)40-28-15-27-38-37-25-13-14-29-41(37)49-42(38)40/h1-29H. The van der Waals surface area contributed by atoms with Crippen molar-refractivity contribution in [2.24, 2.45) is 0 Å². The summed E-state index contributed by atoms with van der Waals surface area (Å²) in [5.74, 6) is 1.96. The Morgan fingerprint density at radius 2 is 0.714 bits per heavy atom.